The predicted molar refractivity (Wildman–Crippen MR) is 71.4 cm³/mol. The third-order valence-corrected chi connectivity index (χ3v) is 4.35. The van der Waals surface area contributed by atoms with E-state index in [-0.39, 0.29) is 11.8 Å². The van der Waals surface area contributed by atoms with E-state index in [9.17, 15) is 9.59 Å². The Labute approximate surface area is 116 Å². The molecule has 1 N–H and O–H groups in total. The van der Waals surface area contributed by atoms with Gasteiger partial charge in [0, 0.05) is 17.3 Å². The topological polar surface area (TPSA) is 57.6 Å². The van der Waals surface area contributed by atoms with E-state index in [1.54, 1.807) is 11.0 Å². The molecule has 0 spiro atoms. The molecule has 2 unspecified atom stereocenters. The van der Waals surface area contributed by atoms with Crippen molar-refractivity contribution >= 4 is 29.2 Å². The van der Waals surface area contributed by atoms with Gasteiger partial charge in [-0.1, -0.05) is 17.7 Å². The first-order chi connectivity index (χ1) is 9.08. The number of carbonyl (C=O) groups is 2. The predicted octanol–water partition coefficient (Wildman–Crippen LogP) is 2.34. The number of carboxylic acid groups (broad SMARTS) is 1. The van der Waals surface area contributed by atoms with Crippen LogP contribution < -0.4 is 4.90 Å². The number of carboxylic acids is 1. The van der Waals surface area contributed by atoms with Crippen molar-refractivity contribution in [1.29, 1.82) is 0 Å². The van der Waals surface area contributed by atoms with Crippen LogP contribution in [0, 0.1) is 11.8 Å². The highest BCUT2D eigenvalue weighted by Crippen LogP contribution is 2.39. The molecular weight excluding hydrogens is 266 g/mol. The average molecular weight is 280 g/mol. The molecule has 0 bridgehead atoms. The summed E-state index contributed by atoms with van der Waals surface area (Å²) in [7, 11) is 0. The van der Waals surface area contributed by atoms with Crippen molar-refractivity contribution in [1.82, 2.24) is 0 Å². The quantitative estimate of drug-likeness (QED) is 0.904. The lowest BCUT2D eigenvalue weighted by molar-refractivity contribution is -0.151. The average Bonchev–Trinajstić information content (AvgIpc) is 2.69. The van der Waals surface area contributed by atoms with E-state index in [2.05, 4.69) is 0 Å². The number of rotatable bonds is 2. The van der Waals surface area contributed by atoms with Gasteiger partial charge in [0.2, 0.25) is 5.91 Å². The van der Waals surface area contributed by atoms with Gasteiger partial charge in [-0.2, -0.15) is 0 Å². The standard InChI is InChI=1S/C14H14ClNO3/c15-9-2-1-8-5-6-16(12(8)7-9)13(17)10-3-4-11(10)14(18)19/h1-2,7,10-11H,3-6H2,(H,18,19). The number of anilines is 1. The lowest BCUT2D eigenvalue weighted by atomic mass is 9.73. The van der Waals surface area contributed by atoms with Crippen LogP contribution in [0.4, 0.5) is 5.69 Å². The second-order valence-electron chi connectivity index (χ2n) is 5.14. The molecule has 5 heteroatoms. The molecule has 0 saturated heterocycles. The number of halogens is 1. The third-order valence-electron chi connectivity index (χ3n) is 4.12. The molecule has 1 aliphatic carbocycles. The molecule has 2 aliphatic rings. The Kier molecular flexibility index (Phi) is 2.97. The first-order valence-electron chi connectivity index (χ1n) is 6.40. The van der Waals surface area contributed by atoms with Gasteiger partial charge < -0.3 is 10.0 Å². The molecule has 100 valence electrons. The van der Waals surface area contributed by atoms with Crippen molar-refractivity contribution in [3.63, 3.8) is 0 Å². The van der Waals surface area contributed by atoms with Crippen molar-refractivity contribution < 1.29 is 14.7 Å². The second kappa shape index (κ2) is 4.53. The van der Waals surface area contributed by atoms with Gasteiger partial charge >= 0.3 is 5.97 Å². The summed E-state index contributed by atoms with van der Waals surface area (Å²) in [4.78, 5) is 25.2. The molecule has 1 saturated carbocycles. The van der Waals surface area contributed by atoms with Crippen LogP contribution >= 0.6 is 11.6 Å². The molecule has 1 aliphatic heterocycles. The lowest BCUT2D eigenvalue weighted by Gasteiger charge is -2.35. The monoisotopic (exact) mass is 279 g/mol. The van der Waals surface area contributed by atoms with Crippen molar-refractivity contribution in [2.45, 2.75) is 19.3 Å². The maximum Gasteiger partial charge on any atom is 0.307 e. The summed E-state index contributed by atoms with van der Waals surface area (Å²) in [5.41, 5.74) is 1.94. The highest BCUT2D eigenvalue weighted by molar-refractivity contribution is 6.31. The maximum atomic E-state index is 12.4. The molecule has 1 aromatic carbocycles. The van der Waals surface area contributed by atoms with Gasteiger partial charge in [0.05, 0.1) is 11.8 Å². The number of amides is 1. The molecular formula is C14H14ClNO3. The fourth-order valence-electron chi connectivity index (χ4n) is 2.87. The van der Waals surface area contributed by atoms with Crippen molar-refractivity contribution in [2.75, 3.05) is 11.4 Å². The van der Waals surface area contributed by atoms with E-state index < -0.39 is 11.9 Å². The summed E-state index contributed by atoms with van der Waals surface area (Å²) >= 11 is 5.97. The van der Waals surface area contributed by atoms with Gasteiger partial charge in [-0.25, -0.2) is 0 Å². The molecule has 1 amide bonds. The number of aliphatic carboxylic acids is 1. The Morgan fingerprint density at radius 1 is 1.26 bits per heavy atom. The van der Waals surface area contributed by atoms with Crippen LogP contribution in [0.5, 0.6) is 0 Å². The number of hydrogen-bond donors (Lipinski definition) is 1. The molecule has 1 heterocycles. The Morgan fingerprint density at radius 3 is 2.63 bits per heavy atom. The van der Waals surface area contributed by atoms with E-state index >= 15 is 0 Å². The summed E-state index contributed by atoms with van der Waals surface area (Å²) in [5, 5.41) is 9.64. The Hall–Kier alpha value is -1.55. The first kappa shape index (κ1) is 12.5. The minimum absolute atomic E-state index is 0.0698. The highest BCUT2D eigenvalue weighted by atomic mass is 35.5. The number of nitrogens with zero attached hydrogens (tertiary/aromatic N) is 1. The number of hydrogen-bond acceptors (Lipinski definition) is 2. The maximum absolute atomic E-state index is 12.4. The molecule has 4 nitrogen and oxygen atoms in total. The van der Waals surface area contributed by atoms with Gasteiger partial charge in [0.1, 0.15) is 0 Å². The zero-order chi connectivity index (χ0) is 13.6. The summed E-state index contributed by atoms with van der Waals surface area (Å²) in [5.74, 6) is -1.83. The molecule has 0 aromatic heterocycles. The largest absolute Gasteiger partial charge is 0.481 e. The normalized spacial score (nSPS) is 24.8. The van der Waals surface area contributed by atoms with Gasteiger partial charge in [-0.3, -0.25) is 9.59 Å². The van der Waals surface area contributed by atoms with Crippen molar-refractivity contribution in [3.05, 3.63) is 28.8 Å². The summed E-state index contributed by atoms with van der Waals surface area (Å²) in [6, 6.07) is 5.54. The SMILES string of the molecule is O=C(O)C1CCC1C(=O)N1CCc2ccc(Cl)cc21. The van der Waals surface area contributed by atoms with Crippen molar-refractivity contribution in [2.24, 2.45) is 11.8 Å². The summed E-state index contributed by atoms with van der Waals surface area (Å²) < 4.78 is 0. The molecule has 1 fully saturated rings. The number of benzene rings is 1. The minimum atomic E-state index is -0.866. The summed E-state index contributed by atoms with van der Waals surface area (Å²) in [6.07, 6.45) is 2.08. The van der Waals surface area contributed by atoms with Crippen LogP contribution in [0.15, 0.2) is 18.2 Å². The number of fused-ring (bicyclic) bond motifs is 1. The first-order valence-corrected chi connectivity index (χ1v) is 6.78. The lowest BCUT2D eigenvalue weighted by Crippen LogP contribution is -2.45. The molecule has 3 rings (SSSR count). The van der Waals surface area contributed by atoms with Crippen LogP contribution in [0.3, 0.4) is 0 Å². The molecule has 1 aromatic rings. The second-order valence-corrected chi connectivity index (χ2v) is 5.58. The summed E-state index contributed by atoms with van der Waals surface area (Å²) in [6.45, 7) is 0.622. The smallest absolute Gasteiger partial charge is 0.307 e. The fraction of sp³-hybridized carbons (Fsp3) is 0.429. The van der Waals surface area contributed by atoms with Crippen molar-refractivity contribution in [3.8, 4) is 0 Å². The van der Waals surface area contributed by atoms with Crippen LogP contribution in [0.25, 0.3) is 0 Å². The van der Waals surface area contributed by atoms with E-state index in [1.165, 1.54) is 0 Å². The Morgan fingerprint density at radius 2 is 2.00 bits per heavy atom. The van der Waals surface area contributed by atoms with E-state index in [0.717, 1.165) is 17.7 Å². The minimum Gasteiger partial charge on any atom is -0.481 e. The number of carbonyl (C=O) groups excluding carboxylic acids is 1. The fourth-order valence-corrected chi connectivity index (χ4v) is 3.04. The third kappa shape index (κ3) is 2.00. The molecule has 2 atom stereocenters. The Balaban J connectivity index is 1.84. The van der Waals surface area contributed by atoms with Crippen LogP contribution in [0.1, 0.15) is 18.4 Å². The van der Waals surface area contributed by atoms with E-state index in [0.29, 0.717) is 24.4 Å². The highest BCUT2D eigenvalue weighted by Gasteiger charge is 2.44. The van der Waals surface area contributed by atoms with Crippen LogP contribution in [-0.4, -0.2) is 23.5 Å². The van der Waals surface area contributed by atoms with Gasteiger partial charge in [0.15, 0.2) is 0 Å². The Bertz CT molecular complexity index is 558. The van der Waals surface area contributed by atoms with Crippen LogP contribution in [0.2, 0.25) is 5.02 Å². The zero-order valence-electron chi connectivity index (χ0n) is 10.3. The zero-order valence-corrected chi connectivity index (χ0v) is 11.1. The van der Waals surface area contributed by atoms with E-state index in [1.807, 2.05) is 12.1 Å². The van der Waals surface area contributed by atoms with Gasteiger partial charge in [0.25, 0.3) is 0 Å². The molecule has 19 heavy (non-hydrogen) atoms. The van der Waals surface area contributed by atoms with Crippen LogP contribution in [-0.2, 0) is 16.0 Å². The molecule has 0 radical (unpaired) electrons. The van der Waals surface area contributed by atoms with Gasteiger partial charge in [-0.15, -0.1) is 0 Å². The van der Waals surface area contributed by atoms with E-state index in [4.69, 9.17) is 16.7 Å². The van der Waals surface area contributed by atoms with Gasteiger partial charge in [-0.05, 0) is 37.0 Å².